The third-order valence-corrected chi connectivity index (χ3v) is 5.43. The second-order valence-electron chi connectivity index (χ2n) is 6.68. The van der Waals surface area contributed by atoms with Crippen LogP contribution in [0.5, 0.6) is 0 Å². The molecule has 1 saturated heterocycles. The number of benzene rings is 2. The summed E-state index contributed by atoms with van der Waals surface area (Å²) in [5, 5.41) is 3.09. The van der Waals surface area contributed by atoms with Crippen molar-refractivity contribution in [2.24, 2.45) is 4.99 Å². The van der Waals surface area contributed by atoms with E-state index >= 15 is 0 Å². The number of amidine groups is 1. The number of nitrogens with zero attached hydrogens (tertiary/aromatic N) is 1. The quantitative estimate of drug-likeness (QED) is 0.456. The van der Waals surface area contributed by atoms with Gasteiger partial charge >= 0.3 is 5.97 Å². The molecule has 0 atom stereocenters. The molecule has 0 aliphatic carbocycles. The van der Waals surface area contributed by atoms with Gasteiger partial charge in [0, 0.05) is 11.6 Å². The van der Waals surface area contributed by atoms with Gasteiger partial charge in [0.25, 0.3) is 5.91 Å². The van der Waals surface area contributed by atoms with Gasteiger partial charge in [0.05, 0.1) is 23.3 Å². The molecule has 1 aliphatic rings. The van der Waals surface area contributed by atoms with E-state index in [-0.39, 0.29) is 11.7 Å². The number of ether oxygens (including phenoxy) is 1. The predicted molar refractivity (Wildman–Crippen MR) is 117 cm³/mol. The van der Waals surface area contributed by atoms with Crippen molar-refractivity contribution in [2.75, 3.05) is 7.11 Å². The fraction of sp³-hybridized carbons (Fsp3) is 0.0870. The monoisotopic (exact) mass is 436 g/mol. The van der Waals surface area contributed by atoms with Crippen molar-refractivity contribution in [3.63, 3.8) is 0 Å². The lowest BCUT2D eigenvalue weighted by Gasteiger charge is -2.05. The lowest BCUT2D eigenvalue weighted by molar-refractivity contribution is -0.115. The number of carbonyl (C=O) groups is 2. The second kappa shape index (κ2) is 8.61. The van der Waals surface area contributed by atoms with Gasteiger partial charge in [0.15, 0.2) is 5.17 Å². The Kier molecular flexibility index (Phi) is 5.73. The van der Waals surface area contributed by atoms with Crippen LogP contribution in [0.2, 0.25) is 0 Å². The van der Waals surface area contributed by atoms with Gasteiger partial charge in [0.1, 0.15) is 17.3 Å². The second-order valence-corrected chi connectivity index (χ2v) is 7.71. The Balaban J connectivity index is 1.54. The van der Waals surface area contributed by atoms with Gasteiger partial charge in [-0.1, -0.05) is 6.07 Å². The number of rotatable bonds is 4. The number of furan rings is 1. The number of aliphatic imine (C=N–C) groups is 1. The van der Waals surface area contributed by atoms with Crippen LogP contribution in [0.25, 0.3) is 17.4 Å². The van der Waals surface area contributed by atoms with E-state index in [0.717, 1.165) is 11.1 Å². The van der Waals surface area contributed by atoms with Gasteiger partial charge in [-0.15, -0.1) is 0 Å². The maximum Gasteiger partial charge on any atom is 0.337 e. The molecule has 0 spiro atoms. The molecule has 31 heavy (non-hydrogen) atoms. The SMILES string of the molecule is COC(=O)c1ccc(-c2ccc(/C=C3/SC(=Nc4ccc(F)cc4)NC3=O)o2)c(C)c1. The van der Waals surface area contributed by atoms with Crippen LogP contribution in [0.15, 0.2) is 68.9 Å². The number of methoxy groups -OCH3 is 1. The van der Waals surface area contributed by atoms with Crippen LogP contribution in [-0.2, 0) is 9.53 Å². The summed E-state index contributed by atoms with van der Waals surface area (Å²) in [6.45, 7) is 1.88. The summed E-state index contributed by atoms with van der Waals surface area (Å²) >= 11 is 1.17. The van der Waals surface area contributed by atoms with E-state index in [4.69, 9.17) is 9.15 Å². The first kappa shape index (κ1) is 20.6. The molecule has 156 valence electrons. The summed E-state index contributed by atoms with van der Waals surface area (Å²) in [7, 11) is 1.34. The van der Waals surface area contributed by atoms with Gasteiger partial charge in [0.2, 0.25) is 0 Å². The highest BCUT2D eigenvalue weighted by atomic mass is 32.2. The van der Waals surface area contributed by atoms with Gasteiger partial charge in [-0.05, 0) is 72.8 Å². The van der Waals surface area contributed by atoms with Crippen LogP contribution in [0.4, 0.5) is 10.1 Å². The number of esters is 1. The summed E-state index contributed by atoms with van der Waals surface area (Å²) in [4.78, 5) is 28.7. The van der Waals surface area contributed by atoms with Gasteiger partial charge in [-0.2, -0.15) is 0 Å². The van der Waals surface area contributed by atoms with Crippen LogP contribution in [0.3, 0.4) is 0 Å². The Morgan fingerprint density at radius 2 is 1.94 bits per heavy atom. The van der Waals surface area contributed by atoms with Gasteiger partial charge < -0.3 is 14.5 Å². The molecule has 0 radical (unpaired) electrons. The van der Waals surface area contributed by atoms with E-state index in [0.29, 0.717) is 32.8 Å². The number of halogens is 1. The van der Waals surface area contributed by atoms with Crippen LogP contribution in [0, 0.1) is 12.7 Å². The Morgan fingerprint density at radius 3 is 2.65 bits per heavy atom. The molecular weight excluding hydrogens is 419 g/mol. The summed E-state index contributed by atoms with van der Waals surface area (Å²) < 4.78 is 23.7. The standard InChI is InChI=1S/C23H17FN2O4S/c1-13-11-14(22(28)29-2)3-9-18(13)19-10-8-17(30-19)12-20-21(27)26-23(31-20)25-16-6-4-15(24)5-7-16/h3-12H,1-2H3,(H,25,26,27)/b20-12+. The third-order valence-electron chi connectivity index (χ3n) is 4.52. The van der Waals surface area contributed by atoms with E-state index in [1.165, 1.54) is 43.1 Å². The van der Waals surface area contributed by atoms with Crippen molar-refractivity contribution in [3.8, 4) is 11.3 Å². The third kappa shape index (κ3) is 4.59. The minimum Gasteiger partial charge on any atom is -0.465 e. The van der Waals surface area contributed by atoms with Crippen molar-refractivity contribution in [1.29, 1.82) is 0 Å². The molecule has 2 aromatic carbocycles. The van der Waals surface area contributed by atoms with Crippen molar-refractivity contribution in [2.45, 2.75) is 6.92 Å². The molecule has 2 heterocycles. The molecule has 8 heteroatoms. The van der Waals surface area contributed by atoms with Gasteiger partial charge in [-0.25, -0.2) is 14.2 Å². The topological polar surface area (TPSA) is 80.9 Å². The summed E-state index contributed by atoms with van der Waals surface area (Å²) in [5.41, 5.74) is 2.69. The van der Waals surface area contributed by atoms with E-state index in [1.807, 2.05) is 6.92 Å². The zero-order valence-electron chi connectivity index (χ0n) is 16.6. The number of hydrogen-bond donors (Lipinski definition) is 1. The fourth-order valence-electron chi connectivity index (χ4n) is 3.00. The minimum absolute atomic E-state index is 0.289. The molecule has 1 fully saturated rings. The zero-order chi connectivity index (χ0) is 22.0. The van der Waals surface area contributed by atoms with E-state index in [1.54, 1.807) is 36.4 Å². The Morgan fingerprint density at radius 1 is 1.16 bits per heavy atom. The van der Waals surface area contributed by atoms with Crippen molar-refractivity contribution in [3.05, 3.63) is 82.2 Å². The first-order valence-electron chi connectivity index (χ1n) is 9.27. The van der Waals surface area contributed by atoms with Crippen LogP contribution in [-0.4, -0.2) is 24.2 Å². The van der Waals surface area contributed by atoms with Crippen molar-refractivity contribution >= 4 is 40.6 Å². The van der Waals surface area contributed by atoms with Crippen LogP contribution < -0.4 is 5.32 Å². The Labute approximate surface area is 181 Å². The predicted octanol–water partition coefficient (Wildman–Crippen LogP) is 5.07. The molecule has 6 nitrogen and oxygen atoms in total. The maximum absolute atomic E-state index is 13.0. The van der Waals surface area contributed by atoms with Crippen molar-refractivity contribution in [1.82, 2.24) is 5.32 Å². The molecular formula is C23H17FN2O4S. The lowest BCUT2D eigenvalue weighted by Crippen LogP contribution is -2.19. The number of carbonyl (C=O) groups excluding carboxylic acids is 2. The molecule has 1 N–H and O–H groups in total. The maximum atomic E-state index is 13.0. The number of nitrogens with one attached hydrogen (secondary N) is 1. The average Bonchev–Trinajstić information content (AvgIpc) is 3.35. The minimum atomic E-state index is -0.401. The normalized spacial score (nSPS) is 16.0. The Bertz CT molecular complexity index is 1230. The van der Waals surface area contributed by atoms with Crippen LogP contribution in [0.1, 0.15) is 21.7 Å². The molecule has 0 bridgehead atoms. The summed E-state index contributed by atoms with van der Waals surface area (Å²) in [6, 6.07) is 14.4. The van der Waals surface area contributed by atoms with E-state index < -0.39 is 5.97 Å². The highest BCUT2D eigenvalue weighted by Crippen LogP contribution is 2.31. The van der Waals surface area contributed by atoms with Crippen LogP contribution >= 0.6 is 11.8 Å². The fourth-order valence-corrected chi connectivity index (χ4v) is 3.82. The first-order chi connectivity index (χ1) is 14.9. The molecule has 4 rings (SSSR count). The zero-order valence-corrected chi connectivity index (χ0v) is 17.5. The number of hydrogen-bond acceptors (Lipinski definition) is 6. The van der Waals surface area contributed by atoms with E-state index in [9.17, 15) is 14.0 Å². The largest absolute Gasteiger partial charge is 0.465 e. The molecule has 1 aromatic heterocycles. The molecule has 3 aromatic rings. The highest BCUT2D eigenvalue weighted by Gasteiger charge is 2.24. The Hall–Kier alpha value is -3.65. The number of aryl methyl sites for hydroxylation is 1. The molecule has 1 aliphatic heterocycles. The highest BCUT2D eigenvalue weighted by molar-refractivity contribution is 8.18. The van der Waals surface area contributed by atoms with E-state index in [2.05, 4.69) is 10.3 Å². The first-order valence-corrected chi connectivity index (χ1v) is 10.1. The molecule has 0 saturated carbocycles. The summed E-state index contributed by atoms with van der Waals surface area (Å²) in [6.07, 6.45) is 1.63. The lowest BCUT2D eigenvalue weighted by atomic mass is 10.0. The summed E-state index contributed by atoms with van der Waals surface area (Å²) in [5.74, 6) is 0.0808. The van der Waals surface area contributed by atoms with Gasteiger partial charge in [-0.3, -0.25) is 4.79 Å². The number of amides is 1. The number of thioether (sulfide) groups is 1. The van der Waals surface area contributed by atoms with Crippen molar-refractivity contribution < 1.29 is 23.1 Å². The smallest absolute Gasteiger partial charge is 0.337 e. The molecule has 1 amide bonds. The average molecular weight is 436 g/mol. The molecule has 0 unspecified atom stereocenters.